The van der Waals surface area contributed by atoms with Crippen molar-refractivity contribution in [2.45, 2.75) is 13.8 Å². The van der Waals surface area contributed by atoms with E-state index in [1.165, 1.54) is 0 Å². The fourth-order valence-corrected chi connectivity index (χ4v) is 9.69. The topological polar surface area (TPSA) is 51.6 Å². The van der Waals surface area contributed by atoms with Crippen molar-refractivity contribution in [2.24, 2.45) is 0 Å². The maximum absolute atomic E-state index is 5.38. The minimum absolute atomic E-state index is 0.917. The van der Waals surface area contributed by atoms with Gasteiger partial charge in [0.2, 0.25) is 0 Å². The molecule has 0 N–H and O–H groups in total. The van der Waals surface area contributed by atoms with Gasteiger partial charge in [0.25, 0.3) is 0 Å². The van der Waals surface area contributed by atoms with Crippen LogP contribution in [0.15, 0.2) is 121 Å². The summed E-state index contributed by atoms with van der Waals surface area (Å²) < 4.78 is 0. The summed E-state index contributed by atoms with van der Waals surface area (Å²) in [5.74, 6) is 0. The second-order valence-corrected chi connectivity index (χ2v) is 14.9. The zero-order valence-electron chi connectivity index (χ0n) is 25.0. The third-order valence-electron chi connectivity index (χ3n) is 7.58. The van der Waals surface area contributed by atoms with Crippen molar-refractivity contribution in [3.05, 3.63) is 132 Å². The molecule has 0 bridgehead atoms. The van der Waals surface area contributed by atoms with Gasteiger partial charge in [-0.1, -0.05) is 121 Å². The smallest absolute Gasteiger partial charge is 0.124 e. The average molecular weight is 667 g/mol. The van der Waals surface area contributed by atoms with Crippen molar-refractivity contribution in [1.29, 1.82) is 0 Å². The van der Waals surface area contributed by atoms with Crippen LogP contribution in [0.5, 0.6) is 0 Å². The number of thiazole rings is 4. The van der Waals surface area contributed by atoms with E-state index in [1.54, 1.807) is 45.3 Å². The Morgan fingerprint density at radius 3 is 1.13 bits per heavy atom. The van der Waals surface area contributed by atoms with Gasteiger partial charge in [-0.05, 0) is 13.8 Å². The molecule has 4 aromatic heterocycles. The second-order valence-electron chi connectivity index (χ2n) is 10.7. The summed E-state index contributed by atoms with van der Waals surface area (Å²) >= 11 is 6.80. The number of hydrogen-bond donors (Lipinski definition) is 0. The van der Waals surface area contributed by atoms with Crippen molar-refractivity contribution in [3.63, 3.8) is 0 Å². The van der Waals surface area contributed by atoms with Crippen LogP contribution in [0.3, 0.4) is 0 Å². The number of aryl methyl sites for hydroxylation is 2. The average Bonchev–Trinajstić information content (AvgIpc) is 3.91. The molecule has 0 radical (unpaired) electrons. The number of nitrogens with zero attached hydrogens (tertiary/aromatic N) is 4. The van der Waals surface area contributed by atoms with E-state index in [-0.39, 0.29) is 0 Å². The van der Waals surface area contributed by atoms with E-state index in [9.17, 15) is 0 Å². The van der Waals surface area contributed by atoms with Crippen LogP contribution in [0.1, 0.15) is 10.6 Å². The molecule has 0 atom stereocenters. The van der Waals surface area contributed by atoms with Gasteiger partial charge in [-0.15, -0.1) is 45.3 Å². The highest BCUT2D eigenvalue weighted by Crippen LogP contribution is 2.50. The van der Waals surface area contributed by atoms with Crippen LogP contribution in [-0.4, -0.2) is 19.9 Å². The summed E-state index contributed by atoms with van der Waals surface area (Å²) in [6.45, 7) is 4.24. The molecule has 0 saturated carbocycles. The maximum atomic E-state index is 5.38. The van der Waals surface area contributed by atoms with Crippen LogP contribution < -0.4 is 0 Å². The first kappa shape index (κ1) is 28.8. The first-order valence-electron chi connectivity index (χ1n) is 14.8. The van der Waals surface area contributed by atoms with Gasteiger partial charge in [-0.25, -0.2) is 19.9 Å². The summed E-state index contributed by atoms with van der Waals surface area (Å²) in [5, 5.41) is 3.92. The number of rotatable bonds is 7. The van der Waals surface area contributed by atoms with Crippen molar-refractivity contribution in [2.75, 3.05) is 0 Å². The summed E-state index contributed by atoms with van der Waals surface area (Å²) in [5.41, 5.74) is 8.18. The minimum atomic E-state index is 0.917. The molecule has 46 heavy (non-hydrogen) atoms. The van der Waals surface area contributed by atoms with Crippen LogP contribution in [0.2, 0.25) is 0 Å². The Morgan fingerprint density at radius 2 is 0.674 bits per heavy atom. The predicted molar refractivity (Wildman–Crippen MR) is 197 cm³/mol. The quantitative estimate of drug-likeness (QED) is 0.170. The van der Waals surface area contributed by atoms with E-state index in [0.29, 0.717) is 0 Å². The molecule has 8 aromatic rings. The Bertz CT molecular complexity index is 2100. The lowest BCUT2D eigenvalue weighted by Crippen LogP contribution is -1.87. The Hall–Kier alpha value is -4.60. The molecule has 4 nitrogen and oxygen atoms in total. The molecule has 8 heteroatoms. The van der Waals surface area contributed by atoms with Gasteiger partial charge in [-0.3, -0.25) is 0 Å². The Kier molecular flexibility index (Phi) is 7.71. The monoisotopic (exact) mass is 666 g/mol. The van der Waals surface area contributed by atoms with Crippen molar-refractivity contribution < 1.29 is 0 Å². The van der Waals surface area contributed by atoms with Crippen LogP contribution >= 0.6 is 45.3 Å². The highest BCUT2D eigenvalue weighted by atomic mass is 32.1. The Morgan fingerprint density at radius 1 is 0.348 bits per heavy atom. The fourth-order valence-electron chi connectivity index (χ4n) is 5.31. The van der Waals surface area contributed by atoms with E-state index < -0.39 is 0 Å². The third-order valence-corrected chi connectivity index (χ3v) is 12.0. The van der Waals surface area contributed by atoms with Gasteiger partial charge in [0.05, 0.1) is 26.0 Å². The number of benzene rings is 4. The first-order valence-corrected chi connectivity index (χ1v) is 18.1. The molecule has 0 aliphatic rings. The molecule has 222 valence electrons. The third kappa shape index (κ3) is 5.43. The van der Waals surface area contributed by atoms with E-state index in [1.807, 2.05) is 24.3 Å². The second kappa shape index (κ2) is 12.3. The van der Waals surface area contributed by atoms with Gasteiger partial charge >= 0.3 is 0 Å². The highest BCUT2D eigenvalue weighted by Gasteiger charge is 2.28. The van der Waals surface area contributed by atoms with Gasteiger partial charge in [0.1, 0.15) is 31.4 Å². The van der Waals surface area contributed by atoms with Crippen LogP contribution in [0, 0.1) is 13.8 Å². The van der Waals surface area contributed by atoms with Crippen molar-refractivity contribution in [3.8, 4) is 74.0 Å². The van der Waals surface area contributed by atoms with E-state index in [4.69, 9.17) is 19.9 Å². The first-order chi connectivity index (χ1) is 22.6. The lowest BCUT2D eigenvalue weighted by atomic mass is 10.1. The standard InChI is InChI=1S/C38H26N4S4/c1-23-32(44-35(39-23)25-15-7-3-8-16-25)30-34(46-37(41-30)27-19-11-5-12-20-27)31-33(45-38(42-31)28-21-13-6-14-22-28)29-24(2)43-36(40-29)26-17-9-4-10-18-26/h3-22H,1-2H3. The van der Waals surface area contributed by atoms with Crippen molar-refractivity contribution in [1.82, 2.24) is 19.9 Å². The number of aromatic nitrogens is 4. The summed E-state index contributed by atoms with van der Waals surface area (Å²) in [4.78, 5) is 25.3. The molecular formula is C38H26N4S4. The number of hydrogen-bond acceptors (Lipinski definition) is 8. The van der Waals surface area contributed by atoms with Gasteiger partial charge in [-0.2, -0.15) is 0 Å². The zero-order valence-corrected chi connectivity index (χ0v) is 28.2. The Labute approximate surface area is 283 Å². The highest BCUT2D eigenvalue weighted by molar-refractivity contribution is 7.23. The maximum Gasteiger partial charge on any atom is 0.124 e. The minimum Gasteiger partial charge on any atom is -0.241 e. The van der Waals surface area contributed by atoms with Crippen LogP contribution in [-0.2, 0) is 0 Å². The molecule has 0 aliphatic heterocycles. The molecule has 0 aliphatic carbocycles. The summed E-state index contributed by atoms with van der Waals surface area (Å²) in [6, 6.07) is 41.6. The lowest BCUT2D eigenvalue weighted by molar-refractivity contribution is 1.26. The molecule has 4 aromatic carbocycles. The zero-order chi connectivity index (χ0) is 31.0. The molecule has 0 fully saturated rings. The van der Waals surface area contributed by atoms with Gasteiger partial charge in [0, 0.05) is 27.1 Å². The van der Waals surface area contributed by atoms with Gasteiger partial charge in [0.15, 0.2) is 0 Å². The normalized spacial score (nSPS) is 11.3. The SMILES string of the molecule is Cc1nc(-c2ccccc2)sc1-c1nc(-c2ccccc2)sc1-c1nc(-c2ccccc2)sc1-c1nc(-c2ccccc2)sc1C. The largest absolute Gasteiger partial charge is 0.241 e. The molecule has 8 rings (SSSR count). The van der Waals surface area contributed by atoms with E-state index >= 15 is 0 Å². The van der Waals surface area contributed by atoms with Crippen molar-refractivity contribution >= 4 is 45.3 Å². The lowest BCUT2D eigenvalue weighted by Gasteiger charge is -2.02. The van der Waals surface area contributed by atoms with E-state index in [0.717, 1.165) is 84.6 Å². The Balaban J connectivity index is 1.36. The fraction of sp³-hybridized carbons (Fsp3) is 0.0526. The summed E-state index contributed by atoms with van der Waals surface area (Å²) in [6.07, 6.45) is 0. The molecule has 4 heterocycles. The molecule has 0 saturated heterocycles. The van der Waals surface area contributed by atoms with E-state index in [2.05, 4.69) is 111 Å². The molecule has 0 unspecified atom stereocenters. The van der Waals surface area contributed by atoms with Crippen LogP contribution in [0.4, 0.5) is 0 Å². The summed E-state index contributed by atoms with van der Waals surface area (Å²) in [7, 11) is 0. The molecule has 0 amide bonds. The molecule has 0 spiro atoms. The van der Waals surface area contributed by atoms with Gasteiger partial charge < -0.3 is 0 Å². The van der Waals surface area contributed by atoms with Crippen LogP contribution in [0.25, 0.3) is 74.0 Å². The predicted octanol–water partition coefficient (Wildman–Crippen LogP) is 11.8. The molecular weight excluding hydrogens is 641 g/mol.